The van der Waals surface area contributed by atoms with E-state index in [1.807, 2.05) is 6.07 Å². The zero-order valence-corrected chi connectivity index (χ0v) is 19.6. The summed E-state index contributed by atoms with van der Waals surface area (Å²) in [6.45, 7) is -0.275. The molecule has 3 aliphatic rings. The first-order valence-corrected chi connectivity index (χ1v) is 12.2. The van der Waals surface area contributed by atoms with Crippen LogP contribution in [0.5, 0.6) is 0 Å². The number of carbonyl (C=O) groups excluding carboxylic acids is 4. The van der Waals surface area contributed by atoms with E-state index in [1.165, 1.54) is 33.7 Å². The highest BCUT2D eigenvalue weighted by Gasteiger charge is 2.54. The third kappa shape index (κ3) is 4.13. The van der Waals surface area contributed by atoms with Crippen molar-refractivity contribution in [3.8, 4) is 0 Å². The van der Waals surface area contributed by atoms with E-state index in [1.54, 1.807) is 19.2 Å². The minimum atomic E-state index is -0.965. The summed E-state index contributed by atoms with van der Waals surface area (Å²) >= 11 is 1.35. The van der Waals surface area contributed by atoms with E-state index in [2.05, 4.69) is 10.6 Å². The van der Waals surface area contributed by atoms with Crippen LogP contribution in [0, 0.1) is 11.6 Å². The number of hydrogen-bond acceptors (Lipinski definition) is 5. The molecule has 2 heterocycles. The molecule has 0 radical (unpaired) electrons. The van der Waals surface area contributed by atoms with E-state index in [-0.39, 0.29) is 24.1 Å². The van der Waals surface area contributed by atoms with Gasteiger partial charge in [0.25, 0.3) is 5.91 Å². The molecule has 2 atom stereocenters. The summed E-state index contributed by atoms with van der Waals surface area (Å²) in [6, 6.07) is 7.32. The Morgan fingerprint density at radius 1 is 1.11 bits per heavy atom. The van der Waals surface area contributed by atoms with Crippen LogP contribution >= 0.6 is 11.8 Å². The number of halogens is 2. The van der Waals surface area contributed by atoms with Crippen molar-refractivity contribution in [3.05, 3.63) is 64.7 Å². The Morgan fingerprint density at radius 3 is 2.51 bits per heavy atom. The van der Waals surface area contributed by atoms with Gasteiger partial charge >= 0.3 is 6.03 Å². The number of amides is 5. The second-order valence-corrected chi connectivity index (χ2v) is 10.0. The molecule has 0 aromatic heterocycles. The fourth-order valence-corrected chi connectivity index (χ4v) is 6.03. The molecule has 8 nitrogen and oxygen atoms in total. The Balaban J connectivity index is 1.31. The number of thioether (sulfide) groups is 1. The highest BCUT2D eigenvalue weighted by molar-refractivity contribution is 8.00. The maximum atomic E-state index is 13.8. The quantitative estimate of drug-likeness (QED) is 0.628. The maximum Gasteiger partial charge on any atom is 0.324 e. The van der Waals surface area contributed by atoms with Gasteiger partial charge in [0, 0.05) is 37.4 Å². The number of imide groups is 1. The summed E-state index contributed by atoms with van der Waals surface area (Å²) in [7, 11) is 1.59. The molecule has 2 aromatic rings. The number of fused-ring (bicyclic) bond motifs is 1. The second kappa shape index (κ2) is 8.63. The largest absolute Gasteiger partial charge is 0.325 e. The van der Waals surface area contributed by atoms with Crippen LogP contribution in [0.25, 0.3) is 0 Å². The number of benzene rings is 2. The molecule has 5 rings (SSSR count). The maximum absolute atomic E-state index is 13.8. The lowest BCUT2D eigenvalue weighted by molar-refractivity contribution is -0.134. The number of nitrogens with one attached hydrogen (secondary N) is 2. The van der Waals surface area contributed by atoms with Crippen molar-refractivity contribution < 1.29 is 28.0 Å². The topological polar surface area (TPSA) is 98.8 Å². The van der Waals surface area contributed by atoms with Crippen molar-refractivity contribution in [2.75, 3.05) is 30.4 Å². The van der Waals surface area contributed by atoms with Crippen LogP contribution in [0.1, 0.15) is 22.7 Å². The van der Waals surface area contributed by atoms with Gasteiger partial charge in [-0.25, -0.2) is 13.6 Å². The molecular formula is C24H22F2N4O4S. The molecule has 1 unspecified atom stereocenters. The van der Waals surface area contributed by atoms with Gasteiger partial charge < -0.3 is 15.1 Å². The van der Waals surface area contributed by atoms with Crippen LogP contribution in [-0.4, -0.2) is 64.2 Å². The molecule has 11 heteroatoms. The first-order valence-electron chi connectivity index (χ1n) is 11.0. The van der Waals surface area contributed by atoms with Gasteiger partial charge in [0.1, 0.15) is 23.7 Å². The third-order valence-corrected chi connectivity index (χ3v) is 7.83. The highest BCUT2D eigenvalue weighted by atomic mass is 32.2. The second-order valence-electron chi connectivity index (χ2n) is 8.99. The van der Waals surface area contributed by atoms with Gasteiger partial charge in [-0.15, -0.1) is 11.8 Å². The van der Waals surface area contributed by atoms with Crippen LogP contribution in [-0.2, 0) is 27.2 Å². The molecule has 35 heavy (non-hydrogen) atoms. The average molecular weight is 501 g/mol. The number of likely N-dealkylation sites (N-methyl/N-ethyl adjacent to an activating group) is 1. The van der Waals surface area contributed by atoms with Crippen molar-refractivity contribution in [1.29, 1.82) is 0 Å². The lowest BCUT2D eigenvalue weighted by Crippen LogP contribution is -2.48. The Labute approximate surface area is 204 Å². The van der Waals surface area contributed by atoms with E-state index < -0.39 is 35.2 Å². The predicted molar refractivity (Wildman–Crippen MR) is 125 cm³/mol. The van der Waals surface area contributed by atoms with Crippen LogP contribution < -0.4 is 10.6 Å². The van der Waals surface area contributed by atoms with Gasteiger partial charge in [-0.3, -0.25) is 19.7 Å². The number of carbonyl (C=O) groups is 4. The average Bonchev–Trinajstić information content (AvgIpc) is 3.27. The number of anilines is 1. The predicted octanol–water partition coefficient (Wildman–Crippen LogP) is 2.24. The Kier molecular flexibility index (Phi) is 5.74. The molecule has 0 saturated carbocycles. The van der Waals surface area contributed by atoms with Crippen LogP contribution in [0.4, 0.5) is 19.3 Å². The van der Waals surface area contributed by atoms with E-state index in [0.29, 0.717) is 29.8 Å². The molecular weight excluding hydrogens is 478 g/mol. The molecule has 182 valence electrons. The zero-order valence-electron chi connectivity index (χ0n) is 18.8. The molecule has 2 saturated heterocycles. The van der Waals surface area contributed by atoms with Gasteiger partial charge in [0.15, 0.2) is 0 Å². The van der Waals surface area contributed by atoms with Crippen LogP contribution in [0.3, 0.4) is 0 Å². The van der Waals surface area contributed by atoms with Crippen LogP contribution in [0.15, 0.2) is 36.4 Å². The summed E-state index contributed by atoms with van der Waals surface area (Å²) in [6.07, 6.45) is 0.714. The minimum absolute atomic E-state index is 0.177. The van der Waals surface area contributed by atoms with Crippen LogP contribution in [0.2, 0.25) is 0 Å². The summed E-state index contributed by atoms with van der Waals surface area (Å²) < 4.78 is 27.5. The van der Waals surface area contributed by atoms with Gasteiger partial charge in [-0.05, 0) is 41.0 Å². The highest BCUT2D eigenvalue weighted by Crippen LogP contribution is 2.38. The summed E-state index contributed by atoms with van der Waals surface area (Å²) in [5, 5.41) is 5.12. The fraction of sp³-hybridized carbons (Fsp3) is 0.333. The molecule has 0 bridgehead atoms. The first kappa shape index (κ1) is 23.3. The molecule has 2 N–H and O–H groups in total. The summed E-state index contributed by atoms with van der Waals surface area (Å²) in [5.74, 6) is -1.98. The van der Waals surface area contributed by atoms with Crippen molar-refractivity contribution in [2.24, 2.45) is 0 Å². The molecule has 1 aliphatic carbocycles. The Bertz CT molecular complexity index is 1250. The standard InChI is InChI=1S/C24H22F2N4O4S/c1-29-23(34)28-22(33)24(29)8-13-2-3-18(6-15(13)9-24)27-20(31)10-30-19(11-35-12-21(30)32)14-4-16(25)7-17(26)5-14/h2-7,19H,8-12H2,1H3,(H,27,31)(H,28,33,34)/t19-,24?/m0/s1. The molecule has 2 fully saturated rings. The van der Waals surface area contributed by atoms with Gasteiger partial charge in [-0.1, -0.05) is 6.07 Å². The monoisotopic (exact) mass is 500 g/mol. The normalized spacial score (nSPS) is 23.6. The fourth-order valence-electron chi connectivity index (χ4n) is 4.98. The number of hydrogen-bond donors (Lipinski definition) is 2. The molecule has 1 spiro atoms. The summed E-state index contributed by atoms with van der Waals surface area (Å²) in [5.41, 5.74) is 1.58. The number of urea groups is 1. The van der Waals surface area contributed by atoms with Gasteiger partial charge in [0.05, 0.1) is 11.8 Å². The van der Waals surface area contributed by atoms with Gasteiger partial charge in [0.2, 0.25) is 11.8 Å². The molecule has 2 aliphatic heterocycles. The molecule has 2 aromatic carbocycles. The Hall–Kier alpha value is -3.47. The van der Waals surface area contributed by atoms with E-state index in [4.69, 9.17) is 0 Å². The molecule has 5 amide bonds. The lowest BCUT2D eigenvalue weighted by atomic mass is 9.95. The summed E-state index contributed by atoms with van der Waals surface area (Å²) in [4.78, 5) is 52.6. The van der Waals surface area contributed by atoms with Crippen molar-refractivity contribution >= 4 is 41.2 Å². The third-order valence-electron chi connectivity index (χ3n) is 6.83. The van der Waals surface area contributed by atoms with Crippen molar-refractivity contribution in [1.82, 2.24) is 15.1 Å². The Morgan fingerprint density at radius 2 is 1.83 bits per heavy atom. The minimum Gasteiger partial charge on any atom is -0.325 e. The SMILES string of the molecule is CN1C(=O)NC(=O)C12Cc1ccc(NC(=O)CN3C(=O)CSC[C@H]3c3cc(F)cc(F)c3)cc1C2. The van der Waals surface area contributed by atoms with Crippen molar-refractivity contribution in [2.45, 2.75) is 24.4 Å². The lowest BCUT2D eigenvalue weighted by Gasteiger charge is -2.35. The first-order chi connectivity index (χ1) is 16.7. The smallest absolute Gasteiger partial charge is 0.324 e. The van der Waals surface area contributed by atoms with Crippen molar-refractivity contribution in [3.63, 3.8) is 0 Å². The van der Waals surface area contributed by atoms with E-state index in [0.717, 1.165) is 17.2 Å². The zero-order chi connectivity index (χ0) is 24.9. The number of nitrogens with zero attached hydrogens (tertiary/aromatic N) is 2. The van der Waals surface area contributed by atoms with E-state index >= 15 is 0 Å². The number of rotatable bonds is 4. The van der Waals surface area contributed by atoms with E-state index in [9.17, 15) is 28.0 Å². The van der Waals surface area contributed by atoms with Gasteiger partial charge in [-0.2, -0.15) is 0 Å².